The summed E-state index contributed by atoms with van der Waals surface area (Å²) in [4.78, 5) is 0. The molecule has 1 aliphatic rings. The third-order valence-corrected chi connectivity index (χ3v) is 6.88. The fourth-order valence-corrected chi connectivity index (χ4v) is 4.48. The lowest BCUT2D eigenvalue weighted by atomic mass is 9.84. The smallest absolute Gasteiger partial charge is 0.127 e. The summed E-state index contributed by atoms with van der Waals surface area (Å²) in [7, 11) is 0. The molecule has 0 amide bonds. The standard InChI is InChI=1S/C29H44O3/c1-20(2)11-8-12-21(3)13-9-14-22(4)15-10-17-29(7)18-16-25-26(19-30)27(31)23(5)24(6)28(25)32-29/h11,13,15,30-31H,8-10,12,14,16-19H2,1-7H3/t29-/m1/s1. The lowest BCUT2D eigenvalue weighted by Crippen LogP contribution is -2.37. The average Bonchev–Trinajstić information content (AvgIpc) is 2.73. The van der Waals surface area contributed by atoms with Crippen LogP contribution in [0.2, 0.25) is 0 Å². The summed E-state index contributed by atoms with van der Waals surface area (Å²) in [6, 6.07) is 0. The molecule has 2 rings (SSSR count). The van der Waals surface area contributed by atoms with Crippen molar-refractivity contribution in [2.75, 3.05) is 0 Å². The van der Waals surface area contributed by atoms with Crippen molar-refractivity contribution < 1.29 is 14.9 Å². The number of benzene rings is 1. The van der Waals surface area contributed by atoms with Crippen molar-refractivity contribution in [2.45, 2.75) is 112 Å². The third kappa shape index (κ3) is 7.00. The first-order valence-corrected chi connectivity index (χ1v) is 12.2. The van der Waals surface area contributed by atoms with E-state index in [1.165, 1.54) is 16.7 Å². The van der Waals surface area contributed by atoms with E-state index in [2.05, 4.69) is 52.8 Å². The van der Waals surface area contributed by atoms with Gasteiger partial charge >= 0.3 is 0 Å². The molecule has 0 saturated heterocycles. The third-order valence-electron chi connectivity index (χ3n) is 6.88. The van der Waals surface area contributed by atoms with E-state index in [1.807, 2.05) is 13.8 Å². The molecule has 0 radical (unpaired) electrons. The van der Waals surface area contributed by atoms with Gasteiger partial charge in [-0.2, -0.15) is 0 Å². The van der Waals surface area contributed by atoms with E-state index in [9.17, 15) is 10.2 Å². The number of hydrogen-bond acceptors (Lipinski definition) is 3. The molecule has 0 saturated carbocycles. The number of fused-ring (bicyclic) bond motifs is 1. The Kier molecular flexibility index (Phi) is 9.64. The zero-order valence-electron chi connectivity index (χ0n) is 21.4. The van der Waals surface area contributed by atoms with Crippen LogP contribution >= 0.6 is 0 Å². The number of allylic oxidation sites excluding steroid dienone is 6. The van der Waals surface area contributed by atoms with Crippen LogP contribution in [0, 0.1) is 13.8 Å². The lowest BCUT2D eigenvalue weighted by Gasteiger charge is -2.38. The minimum atomic E-state index is -0.216. The first kappa shape index (κ1) is 26.3. The van der Waals surface area contributed by atoms with E-state index in [0.29, 0.717) is 5.56 Å². The van der Waals surface area contributed by atoms with Gasteiger partial charge in [0.15, 0.2) is 0 Å². The predicted molar refractivity (Wildman–Crippen MR) is 136 cm³/mol. The molecule has 0 bridgehead atoms. The van der Waals surface area contributed by atoms with Crippen molar-refractivity contribution in [1.29, 1.82) is 0 Å². The van der Waals surface area contributed by atoms with Gasteiger partial charge in [-0.1, -0.05) is 34.9 Å². The number of phenols is 1. The summed E-state index contributed by atoms with van der Waals surface area (Å²) in [5.74, 6) is 1.09. The van der Waals surface area contributed by atoms with E-state index in [1.54, 1.807) is 0 Å². The van der Waals surface area contributed by atoms with E-state index in [-0.39, 0.29) is 18.0 Å². The molecule has 3 nitrogen and oxygen atoms in total. The number of aliphatic hydroxyl groups is 1. The minimum Gasteiger partial charge on any atom is -0.507 e. The van der Waals surface area contributed by atoms with Crippen molar-refractivity contribution in [1.82, 2.24) is 0 Å². The Morgan fingerprint density at radius 1 is 0.938 bits per heavy atom. The van der Waals surface area contributed by atoms with Gasteiger partial charge in [-0.25, -0.2) is 0 Å². The van der Waals surface area contributed by atoms with Crippen molar-refractivity contribution in [3.8, 4) is 11.5 Å². The Bertz CT molecular complexity index is 884. The molecule has 1 aliphatic heterocycles. The Labute approximate surface area is 195 Å². The fourth-order valence-electron chi connectivity index (χ4n) is 4.48. The monoisotopic (exact) mass is 440 g/mol. The van der Waals surface area contributed by atoms with E-state index < -0.39 is 0 Å². The minimum absolute atomic E-state index is 0.153. The van der Waals surface area contributed by atoms with Crippen LogP contribution in [0.4, 0.5) is 0 Å². The van der Waals surface area contributed by atoms with Crippen molar-refractivity contribution in [2.24, 2.45) is 0 Å². The molecule has 178 valence electrons. The second-order valence-corrected chi connectivity index (χ2v) is 10.1. The second kappa shape index (κ2) is 11.7. The normalized spacial score (nSPS) is 18.9. The molecule has 1 aromatic carbocycles. The Morgan fingerprint density at radius 3 is 2.12 bits per heavy atom. The Morgan fingerprint density at radius 2 is 1.53 bits per heavy atom. The van der Waals surface area contributed by atoms with Crippen LogP contribution in [-0.2, 0) is 13.0 Å². The summed E-state index contributed by atoms with van der Waals surface area (Å²) >= 11 is 0. The van der Waals surface area contributed by atoms with Gasteiger partial charge in [0, 0.05) is 11.1 Å². The Balaban J connectivity index is 1.91. The highest BCUT2D eigenvalue weighted by atomic mass is 16.5. The van der Waals surface area contributed by atoms with Crippen molar-refractivity contribution >= 4 is 0 Å². The number of aliphatic hydroxyl groups excluding tert-OH is 1. The summed E-state index contributed by atoms with van der Waals surface area (Å²) < 4.78 is 6.51. The van der Waals surface area contributed by atoms with E-state index in [0.717, 1.165) is 73.8 Å². The van der Waals surface area contributed by atoms with Crippen LogP contribution < -0.4 is 4.74 Å². The second-order valence-electron chi connectivity index (χ2n) is 10.1. The van der Waals surface area contributed by atoms with Gasteiger partial charge in [0.25, 0.3) is 0 Å². The van der Waals surface area contributed by atoms with Crippen molar-refractivity contribution in [3.63, 3.8) is 0 Å². The van der Waals surface area contributed by atoms with Crippen LogP contribution in [0.5, 0.6) is 11.5 Å². The van der Waals surface area contributed by atoms with Gasteiger partial charge in [-0.05, 0) is 111 Å². The number of rotatable bonds is 10. The fraction of sp³-hybridized carbons (Fsp3) is 0.586. The van der Waals surface area contributed by atoms with Crippen LogP contribution in [-0.4, -0.2) is 15.8 Å². The van der Waals surface area contributed by atoms with E-state index in [4.69, 9.17) is 4.74 Å². The van der Waals surface area contributed by atoms with Crippen molar-refractivity contribution in [3.05, 3.63) is 57.2 Å². The predicted octanol–water partition coefficient (Wildman–Crippen LogP) is 7.78. The van der Waals surface area contributed by atoms with Crippen LogP contribution in [0.1, 0.15) is 102 Å². The molecule has 2 N–H and O–H groups in total. The molecule has 0 fully saturated rings. The first-order valence-electron chi connectivity index (χ1n) is 12.2. The number of aromatic hydroxyl groups is 1. The van der Waals surface area contributed by atoms with Crippen LogP contribution in [0.3, 0.4) is 0 Å². The summed E-state index contributed by atoms with van der Waals surface area (Å²) in [5.41, 5.74) is 7.50. The quantitative estimate of drug-likeness (QED) is 0.365. The molecule has 3 heteroatoms. The molecule has 1 atom stereocenters. The molecule has 0 unspecified atom stereocenters. The van der Waals surface area contributed by atoms with E-state index >= 15 is 0 Å². The topological polar surface area (TPSA) is 49.7 Å². The molecule has 32 heavy (non-hydrogen) atoms. The highest BCUT2D eigenvalue weighted by Crippen LogP contribution is 2.44. The number of ether oxygens (including phenoxy) is 1. The summed E-state index contributed by atoms with van der Waals surface area (Å²) in [5, 5.41) is 20.2. The van der Waals surface area contributed by atoms with Gasteiger partial charge in [0.2, 0.25) is 0 Å². The summed E-state index contributed by atoms with van der Waals surface area (Å²) in [6.45, 7) is 14.7. The molecule has 0 spiro atoms. The van der Waals surface area contributed by atoms with Gasteiger partial charge < -0.3 is 14.9 Å². The molecular weight excluding hydrogens is 396 g/mol. The zero-order chi connectivity index (χ0) is 23.9. The maximum Gasteiger partial charge on any atom is 0.127 e. The lowest BCUT2D eigenvalue weighted by molar-refractivity contribution is 0.0552. The van der Waals surface area contributed by atoms with Gasteiger partial charge in [-0.3, -0.25) is 0 Å². The zero-order valence-corrected chi connectivity index (χ0v) is 21.4. The van der Waals surface area contributed by atoms with Crippen LogP contribution in [0.15, 0.2) is 34.9 Å². The molecular formula is C29H44O3. The molecule has 0 aliphatic carbocycles. The first-order chi connectivity index (χ1) is 15.1. The highest BCUT2D eigenvalue weighted by molar-refractivity contribution is 5.58. The van der Waals surface area contributed by atoms with Gasteiger partial charge in [-0.15, -0.1) is 0 Å². The molecule has 0 aromatic heterocycles. The maximum absolute atomic E-state index is 10.4. The Hall–Kier alpha value is -2.00. The number of hydrogen-bond donors (Lipinski definition) is 2. The summed E-state index contributed by atoms with van der Waals surface area (Å²) in [6.07, 6.45) is 15.3. The van der Waals surface area contributed by atoms with Gasteiger partial charge in [0.1, 0.15) is 17.1 Å². The molecule has 1 heterocycles. The van der Waals surface area contributed by atoms with Crippen LogP contribution in [0.25, 0.3) is 0 Å². The maximum atomic E-state index is 10.4. The molecule has 1 aromatic rings. The average molecular weight is 441 g/mol. The highest BCUT2D eigenvalue weighted by Gasteiger charge is 2.34. The largest absolute Gasteiger partial charge is 0.507 e. The van der Waals surface area contributed by atoms with Gasteiger partial charge in [0.05, 0.1) is 6.61 Å². The SMILES string of the molecule is CC(C)=CCCC(C)=CCCC(C)=CCC[C@]1(C)CCc2c(CO)c(O)c(C)c(C)c2O1.